The van der Waals surface area contributed by atoms with Crippen LogP contribution in [0.25, 0.3) is 0 Å². The van der Waals surface area contributed by atoms with E-state index in [0.29, 0.717) is 18.4 Å². The number of hydrogen-bond acceptors (Lipinski definition) is 3. The Morgan fingerprint density at radius 3 is 2.41 bits per heavy atom. The first kappa shape index (κ1) is 20.3. The van der Waals surface area contributed by atoms with Crippen molar-refractivity contribution >= 4 is 0 Å². The fourth-order valence-electron chi connectivity index (χ4n) is 3.73. The molecule has 2 fully saturated rings. The predicted molar refractivity (Wildman–Crippen MR) is 91.8 cm³/mol. The van der Waals surface area contributed by atoms with Crippen LogP contribution < -0.4 is 0 Å². The van der Waals surface area contributed by atoms with Gasteiger partial charge in [0.1, 0.15) is 12.2 Å². The molecule has 0 aromatic heterocycles. The van der Waals surface area contributed by atoms with E-state index in [-0.39, 0.29) is 19.3 Å². The third kappa shape index (κ3) is 4.20. The number of halogens is 4. The topological polar surface area (TPSA) is 27.7 Å². The van der Waals surface area contributed by atoms with E-state index >= 15 is 4.39 Å². The van der Waals surface area contributed by atoms with Crippen LogP contribution in [0.15, 0.2) is 43.0 Å². The van der Waals surface area contributed by atoms with E-state index in [4.69, 9.17) is 14.2 Å². The van der Waals surface area contributed by atoms with Gasteiger partial charge in [0.25, 0.3) is 5.67 Å². The molecule has 1 aromatic rings. The van der Waals surface area contributed by atoms with Gasteiger partial charge in [0.2, 0.25) is 0 Å². The normalized spacial score (nSPS) is 25.9. The SMILES string of the molecule is C=C[C@](F)([C@H](OCc1ccccc1)[C@H]1COC2(CCCCC2)O1)C(F)(F)F. The fourth-order valence-corrected chi connectivity index (χ4v) is 3.73. The Labute approximate surface area is 156 Å². The predicted octanol–water partition coefficient (Wildman–Crippen LogP) is 5.10. The van der Waals surface area contributed by atoms with E-state index in [1.807, 2.05) is 0 Å². The highest BCUT2D eigenvalue weighted by Crippen LogP contribution is 2.45. The van der Waals surface area contributed by atoms with Crippen LogP contribution >= 0.6 is 0 Å². The minimum Gasteiger partial charge on any atom is -0.367 e. The molecule has 0 N–H and O–H groups in total. The molecule has 1 aliphatic carbocycles. The number of benzene rings is 1. The van der Waals surface area contributed by atoms with Crippen LogP contribution in [0.3, 0.4) is 0 Å². The van der Waals surface area contributed by atoms with Crippen molar-refractivity contribution in [3.8, 4) is 0 Å². The number of hydrogen-bond donors (Lipinski definition) is 0. The van der Waals surface area contributed by atoms with Crippen molar-refractivity contribution in [2.45, 2.75) is 68.6 Å². The van der Waals surface area contributed by atoms with Gasteiger partial charge in [-0.2, -0.15) is 13.2 Å². The average molecular weight is 388 g/mol. The maximum Gasteiger partial charge on any atom is 0.428 e. The molecule has 7 heteroatoms. The van der Waals surface area contributed by atoms with E-state index in [0.717, 1.165) is 19.3 Å². The molecule has 3 nitrogen and oxygen atoms in total. The van der Waals surface area contributed by atoms with Crippen molar-refractivity contribution in [1.82, 2.24) is 0 Å². The molecule has 1 aromatic carbocycles. The molecule has 0 amide bonds. The van der Waals surface area contributed by atoms with E-state index in [9.17, 15) is 13.2 Å². The van der Waals surface area contributed by atoms with E-state index < -0.39 is 29.8 Å². The second-order valence-corrected chi connectivity index (χ2v) is 7.13. The molecule has 1 saturated carbocycles. The molecule has 1 heterocycles. The molecule has 0 radical (unpaired) electrons. The molecule has 0 unspecified atom stereocenters. The highest BCUT2D eigenvalue weighted by molar-refractivity contribution is 5.15. The summed E-state index contributed by atoms with van der Waals surface area (Å²) < 4.78 is 72.7. The van der Waals surface area contributed by atoms with Crippen LogP contribution in [0.4, 0.5) is 17.6 Å². The first-order chi connectivity index (χ1) is 12.8. The highest BCUT2D eigenvalue weighted by atomic mass is 19.4. The Morgan fingerprint density at radius 1 is 1.15 bits per heavy atom. The summed E-state index contributed by atoms with van der Waals surface area (Å²) in [5.74, 6) is -0.926. The van der Waals surface area contributed by atoms with Crippen LogP contribution in [-0.4, -0.2) is 36.4 Å². The largest absolute Gasteiger partial charge is 0.428 e. The lowest BCUT2D eigenvalue weighted by molar-refractivity contribution is -0.271. The monoisotopic (exact) mass is 388 g/mol. The third-order valence-electron chi connectivity index (χ3n) is 5.25. The van der Waals surface area contributed by atoms with Crippen LogP contribution in [0.1, 0.15) is 37.7 Å². The minimum absolute atomic E-state index is 0.144. The van der Waals surface area contributed by atoms with Gasteiger partial charge in [0, 0.05) is 12.8 Å². The van der Waals surface area contributed by atoms with Crippen LogP contribution in [0.5, 0.6) is 0 Å². The summed E-state index contributed by atoms with van der Waals surface area (Å²) in [6.07, 6.45) is -4.06. The Bertz CT molecular complexity index is 628. The molecule has 1 saturated heterocycles. The summed E-state index contributed by atoms with van der Waals surface area (Å²) in [4.78, 5) is 0. The zero-order valence-corrected chi connectivity index (χ0v) is 15.0. The van der Waals surface area contributed by atoms with Gasteiger partial charge in [-0.1, -0.05) is 43.3 Å². The van der Waals surface area contributed by atoms with Gasteiger partial charge >= 0.3 is 6.18 Å². The average Bonchev–Trinajstić information content (AvgIpc) is 3.05. The van der Waals surface area contributed by atoms with Crippen LogP contribution in [-0.2, 0) is 20.8 Å². The number of alkyl halides is 4. The van der Waals surface area contributed by atoms with E-state index in [1.54, 1.807) is 30.3 Å². The second kappa shape index (κ2) is 7.89. The lowest BCUT2D eigenvalue weighted by Gasteiger charge is -2.37. The number of rotatable bonds is 6. The van der Waals surface area contributed by atoms with Gasteiger partial charge in [0.15, 0.2) is 5.79 Å². The zero-order chi connectivity index (χ0) is 19.5. The van der Waals surface area contributed by atoms with Crippen molar-refractivity contribution in [2.24, 2.45) is 0 Å². The Hall–Kier alpha value is -1.44. The Kier molecular flexibility index (Phi) is 5.93. The minimum atomic E-state index is -5.18. The molecule has 2 aliphatic rings. The first-order valence-corrected chi connectivity index (χ1v) is 9.16. The van der Waals surface area contributed by atoms with Gasteiger partial charge in [-0.15, -0.1) is 0 Å². The van der Waals surface area contributed by atoms with Crippen molar-refractivity contribution in [2.75, 3.05) is 6.61 Å². The van der Waals surface area contributed by atoms with Crippen molar-refractivity contribution < 1.29 is 31.8 Å². The maximum atomic E-state index is 15.1. The third-order valence-corrected chi connectivity index (χ3v) is 5.25. The fraction of sp³-hybridized carbons (Fsp3) is 0.600. The Balaban J connectivity index is 1.82. The quantitative estimate of drug-likeness (QED) is 0.501. The molecule has 1 spiro atoms. The Morgan fingerprint density at radius 2 is 1.81 bits per heavy atom. The van der Waals surface area contributed by atoms with Crippen LogP contribution in [0.2, 0.25) is 0 Å². The number of ether oxygens (including phenoxy) is 3. The maximum absolute atomic E-state index is 15.1. The van der Waals surface area contributed by atoms with Gasteiger partial charge in [-0.05, 0) is 24.5 Å². The summed E-state index contributed by atoms with van der Waals surface area (Å²) >= 11 is 0. The first-order valence-electron chi connectivity index (χ1n) is 9.16. The summed E-state index contributed by atoms with van der Waals surface area (Å²) in [5, 5.41) is 0. The molecule has 27 heavy (non-hydrogen) atoms. The summed E-state index contributed by atoms with van der Waals surface area (Å²) in [6, 6.07) is 8.65. The van der Waals surface area contributed by atoms with Gasteiger partial charge in [-0.25, -0.2) is 4.39 Å². The van der Waals surface area contributed by atoms with Gasteiger partial charge in [0.05, 0.1) is 13.2 Å². The van der Waals surface area contributed by atoms with E-state index in [1.165, 1.54) is 0 Å². The standard InChI is InChI=1S/C20H24F4O3/c1-2-19(21,20(22,23)24)17(25-13-15-9-5-3-6-10-15)16-14-26-18(27-16)11-7-4-8-12-18/h2-3,5-6,9-10,16-17H,1,4,7-8,11-14H2/t16-,17-,19+/m1/s1. The van der Waals surface area contributed by atoms with Crippen LogP contribution in [0, 0.1) is 0 Å². The summed E-state index contributed by atoms with van der Waals surface area (Å²) in [5.41, 5.74) is -3.10. The summed E-state index contributed by atoms with van der Waals surface area (Å²) in [6.45, 7) is 2.76. The van der Waals surface area contributed by atoms with E-state index in [2.05, 4.69) is 6.58 Å². The highest BCUT2D eigenvalue weighted by Gasteiger charge is 2.63. The lowest BCUT2D eigenvalue weighted by atomic mass is 9.92. The molecule has 1 aliphatic heterocycles. The summed E-state index contributed by atoms with van der Waals surface area (Å²) in [7, 11) is 0. The molecular weight excluding hydrogens is 364 g/mol. The molecule has 150 valence electrons. The van der Waals surface area contributed by atoms with Crippen molar-refractivity contribution in [3.05, 3.63) is 48.6 Å². The molecule has 0 bridgehead atoms. The zero-order valence-electron chi connectivity index (χ0n) is 15.0. The smallest absolute Gasteiger partial charge is 0.367 e. The molecule has 3 atom stereocenters. The van der Waals surface area contributed by atoms with Crippen molar-refractivity contribution in [1.29, 1.82) is 0 Å². The second-order valence-electron chi connectivity index (χ2n) is 7.13. The van der Waals surface area contributed by atoms with Gasteiger partial charge < -0.3 is 14.2 Å². The molecular formula is C20H24F4O3. The van der Waals surface area contributed by atoms with Gasteiger partial charge in [-0.3, -0.25) is 0 Å². The lowest BCUT2D eigenvalue weighted by Crippen LogP contribution is -2.56. The molecule has 3 rings (SSSR count). The van der Waals surface area contributed by atoms with Crippen molar-refractivity contribution in [3.63, 3.8) is 0 Å².